The third-order valence-corrected chi connectivity index (χ3v) is 5.20. The second-order valence-electron chi connectivity index (χ2n) is 6.05. The van der Waals surface area contributed by atoms with E-state index < -0.39 is 17.3 Å². The Bertz CT molecular complexity index is 1280. The van der Waals surface area contributed by atoms with Crippen LogP contribution in [0.15, 0.2) is 63.4 Å². The summed E-state index contributed by atoms with van der Waals surface area (Å²) in [4.78, 5) is 37.7. The van der Waals surface area contributed by atoms with Crippen molar-refractivity contribution in [2.24, 2.45) is 0 Å². The average Bonchev–Trinajstić information content (AvgIpc) is 3.24. The van der Waals surface area contributed by atoms with E-state index in [-0.39, 0.29) is 39.3 Å². The van der Waals surface area contributed by atoms with Crippen LogP contribution in [0.2, 0.25) is 5.02 Å². The van der Waals surface area contributed by atoms with Gasteiger partial charge < -0.3 is 9.73 Å². The lowest BCUT2D eigenvalue weighted by Crippen LogP contribution is -2.25. The summed E-state index contributed by atoms with van der Waals surface area (Å²) in [6.07, 6.45) is 4.33. The molecule has 1 aromatic carbocycles. The van der Waals surface area contributed by atoms with Crippen molar-refractivity contribution in [2.45, 2.75) is 11.7 Å². The van der Waals surface area contributed by atoms with Gasteiger partial charge in [0.25, 0.3) is 5.56 Å². The number of fused-ring (bicyclic) bond motifs is 1. The highest BCUT2D eigenvalue weighted by molar-refractivity contribution is 7.99. The molecule has 1 amide bonds. The van der Waals surface area contributed by atoms with Gasteiger partial charge in [0, 0.05) is 17.4 Å². The van der Waals surface area contributed by atoms with Gasteiger partial charge in [0.2, 0.25) is 5.91 Å². The normalized spacial score (nSPS) is 11.0. The van der Waals surface area contributed by atoms with Crippen molar-refractivity contribution in [1.82, 2.24) is 19.5 Å². The number of nitrogens with zero attached hydrogens (tertiary/aromatic N) is 4. The number of hydrogen-bond acceptors (Lipinski definition) is 7. The van der Waals surface area contributed by atoms with Crippen molar-refractivity contribution in [1.29, 1.82) is 0 Å². The van der Waals surface area contributed by atoms with Crippen molar-refractivity contribution in [2.75, 3.05) is 11.1 Å². The molecule has 0 aliphatic heterocycles. The van der Waals surface area contributed by atoms with Gasteiger partial charge in [-0.3, -0.25) is 14.2 Å². The Hall–Kier alpha value is -3.24. The van der Waals surface area contributed by atoms with Gasteiger partial charge in [-0.25, -0.2) is 19.3 Å². The molecule has 0 saturated carbocycles. The molecule has 0 aliphatic carbocycles. The number of rotatable bonds is 6. The highest BCUT2D eigenvalue weighted by Crippen LogP contribution is 2.21. The molecular weight excluding hydrogens is 433 g/mol. The molecule has 3 aromatic heterocycles. The van der Waals surface area contributed by atoms with Gasteiger partial charge in [-0.15, -0.1) is 0 Å². The molecule has 4 rings (SSSR count). The monoisotopic (exact) mass is 445 g/mol. The van der Waals surface area contributed by atoms with E-state index >= 15 is 0 Å². The number of thioether (sulfide) groups is 1. The highest BCUT2D eigenvalue weighted by atomic mass is 35.5. The summed E-state index contributed by atoms with van der Waals surface area (Å²) >= 11 is 6.73. The minimum atomic E-state index is -0.644. The topological polar surface area (TPSA) is 103 Å². The fraction of sp³-hybridized carbons (Fsp3) is 0.105. The van der Waals surface area contributed by atoms with Crippen LogP contribution in [0.5, 0.6) is 0 Å². The fourth-order valence-electron chi connectivity index (χ4n) is 2.64. The lowest BCUT2D eigenvalue weighted by atomic mass is 10.3. The largest absolute Gasteiger partial charge is 0.467 e. The first-order valence-electron chi connectivity index (χ1n) is 8.63. The molecule has 0 spiro atoms. The standard InChI is InChI=1S/C19H13ClFN5O3S/c20-11-3-4-14(13(21)8-11)24-15(27)10-30-19-25-17-16(22-5-6-23-17)18(28)26(19)9-12-2-1-7-29-12/h1-8H,9-10H2,(H,24,27). The minimum absolute atomic E-state index is 0.00955. The van der Waals surface area contributed by atoms with Crippen LogP contribution in [-0.2, 0) is 11.3 Å². The van der Waals surface area contributed by atoms with E-state index in [1.807, 2.05) is 0 Å². The number of halogens is 2. The smallest absolute Gasteiger partial charge is 0.282 e. The third-order valence-electron chi connectivity index (χ3n) is 3.99. The van der Waals surface area contributed by atoms with Gasteiger partial charge in [-0.1, -0.05) is 23.4 Å². The summed E-state index contributed by atoms with van der Waals surface area (Å²) < 4.78 is 20.6. The number of hydrogen-bond donors (Lipinski definition) is 1. The Balaban J connectivity index is 1.59. The first-order chi connectivity index (χ1) is 14.5. The van der Waals surface area contributed by atoms with E-state index in [9.17, 15) is 14.0 Å². The number of furan rings is 1. The zero-order valence-electron chi connectivity index (χ0n) is 15.2. The molecule has 0 atom stereocenters. The molecule has 0 bridgehead atoms. The number of benzene rings is 1. The lowest BCUT2D eigenvalue weighted by molar-refractivity contribution is -0.113. The third kappa shape index (κ3) is 4.34. The quantitative estimate of drug-likeness (QED) is 0.358. The Labute approximate surface area is 178 Å². The molecule has 11 heteroatoms. The summed E-state index contributed by atoms with van der Waals surface area (Å²) in [5.74, 6) is -0.691. The maximum absolute atomic E-state index is 13.9. The first kappa shape index (κ1) is 20.0. The maximum atomic E-state index is 13.9. The number of carbonyl (C=O) groups excluding carboxylic acids is 1. The molecule has 0 fully saturated rings. The van der Waals surface area contributed by atoms with Crippen molar-refractivity contribution >= 4 is 46.1 Å². The molecule has 152 valence electrons. The van der Waals surface area contributed by atoms with Crippen LogP contribution < -0.4 is 10.9 Å². The molecule has 0 aliphatic rings. The second kappa shape index (κ2) is 8.64. The average molecular weight is 446 g/mol. The number of nitrogens with one attached hydrogen (secondary N) is 1. The van der Waals surface area contributed by atoms with Crippen LogP contribution in [0.4, 0.5) is 10.1 Å². The number of amides is 1. The van der Waals surface area contributed by atoms with E-state index in [0.717, 1.165) is 17.8 Å². The van der Waals surface area contributed by atoms with Crippen molar-refractivity contribution < 1.29 is 13.6 Å². The summed E-state index contributed by atoms with van der Waals surface area (Å²) in [5.41, 5.74) is -0.114. The fourth-order valence-corrected chi connectivity index (χ4v) is 3.59. The van der Waals surface area contributed by atoms with E-state index in [2.05, 4.69) is 20.3 Å². The molecule has 0 radical (unpaired) electrons. The van der Waals surface area contributed by atoms with Crippen molar-refractivity contribution in [3.63, 3.8) is 0 Å². The Morgan fingerprint density at radius 3 is 2.87 bits per heavy atom. The van der Waals surface area contributed by atoms with Gasteiger partial charge in [-0.05, 0) is 30.3 Å². The Morgan fingerprint density at radius 1 is 1.27 bits per heavy atom. The Kier molecular flexibility index (Phi) is 5.77. The van der Waals surface area contributed by atoms with Crippen LogP contribution >= 0.6 is 23.4 Å². The SMILES string of the molecule is O=C(CSc1nc2nccnc2c(=O)n1Cc1ccco1)Nc1ccc(Cl)cc1F. The summed E-state index contributed by atoms with van der Waals surface area (Å²) in [5, 5.41) is 2.95. The van der Waals surface area contributed by atoms with Gasteiger partial charge >= 0.3 is 0 Å². The molecule has 4 aromatic rings. The number of aromatic nitrogens is 4. The van der Waals surface area contributed by atoms with Gasteiger partial charge in [-0.2, -0.15) is 0 Å². The lowest BCUT2D eigenvalue weighted by Gasteiger charge is -2.11. The predicted molar refractivity (Wildman–Crippen MR) is 110 cm³/mol. The maximum Gasteiger partial charge on any atom is 0.282 e. The molecule has 0 saturated heterocycles. The van der Waals surface area contributed by atoms with E-state index in [1.165, 1.54) is 35.4 Å². The van der Waals surface area contributed by atoms with Crippen molar-refractivity contribution in [3.05, 3.63) is 75.9 Å². The number of anilines is 1. The predicted octanol–water partition coefficient (Wildman–Crippen LogP) is 3.35. The summed E-state index contributed by atoms with van der Waals surface area (Å²) in [6, 6.07) is 7.37. The molecule has 3 heterocycles. The second-order valence-corrected chi connectivity index (χ2v) is 7.43. The molecule has 30 heavy (non-hydrogen) atoms. The molecule has 8 nitrogen and oxygen atoms in total. The van der Waals surface area contributed by atoms with Crippen LogP contribution in [0.1, 0.15) is 5.76 Å². The summed E-state index contributed by atoms with van der Waals surface area (Å²) in [7, 11) is 0. The number of carbonyl (C=O) groups is 1. The van der Waals surface area contributed by atoms with Crippen molar-refractivity contribution in [3.8, 4) is 0 Å². The first-order valence-corrected chi connectivity index (χ1v) is 9.99. The van der Waals surface area contributed by atoms with Gasteiger partial charge in [0.15, 0.2) is 16.3 Å². The molecule has 0 unspecified atom stereocenters. The van der Waals surface area contributed by atoms with Crippen LogP contribution in [0.3, 0.4) is 0 Å². The minimum Gasteiger partial charge on any atom is -0.467 e. The zero-order valence-corrected chi connectivity index (χ0v) is 16.8. The summed E-state index contributed by atoms with van der Waals surface area (Å²) in [6.45, 7) is 0.112. The van der Waals surface area contributed by atoms with Gasteiger partial charge in [0.05, 0.1) is 24.2 Å². The van der Waals surface area contributed by atoms with E-state index in [1.54, 1.807) is 12.1 Å². The zero-order chi connectivity index (χ0) is 21.1. The van der Waals surface area contributed by atoms with Crippen LogP contribution in [0.25, 0.3) is 11.2 Å². The van der Waals surface area contributed by atoms with E-state index in [0.29, 0.717) is 5.76 Å². The van der Waals surface area contributed by atoms with Crippen LogP contribution in [0, 0.1) is 5.82 Å². The molecular formula is C19H13ClFN5O3S. The van der Waals surface area contributed by atoms with E-state index in [4.69, 9.17) is 16.0 Å². The molecule has 1 N–H and O–H groups in total. The van der Waals surface area contributed by atoms with Crippen LogP contribution in [-0.4, -0.2) is 31.2 Å². The highest BCUT2D eigenvalue weighted by Gasteiger charge is 2.16. The van der Waals surface area contributed by atoms with Gasteiger partial charge in [0.1, 0.15) is 11.6 Å². The Morgan fingerprint density at radius 2 is 2.10 bits per heavy atom.